The quantitative estimate of drug-likeness (QED) is 0.632. The number of benzene rings is 1. The largest absolute Gasteiger partial charge is 0.300 e. The molecule has 2 atom stereocenters. The normalized spacial score (nSPS) is 20.0. The van der Waals surface area contributed by atoms with Crippen LogP contribution in [0.2, 0.25) is 0 Å². The molecule has 27 heavy (non-hydrogen) atoms. The standard InChI is InChI=1S/C19H23FN6O/c1-12-7-17-22-16(8-18(27)26(17)24-12)11-25(2)10-14-9-21-23-19(14)13-3-5-15(20)6-4-13/h3-8,14,19,21,23-24H,9-11H2,1-2H3. The highest BCUT2D eigenvalue weighted by atomic mass is 19.1. The van der Waals surface area contributed by atoms with Gasteiger partial charge in [-0.05, 0) is 31.7 Å². The number of nitrogens with one attached hydrogen (secondary N) is 3. The molecule has 8 heteroatoms. The van der Waals surface area contributed by atoms with E-state index in [0.29, 0.717) is 18.1 Å². The summed E-state index contributed by atoms with van der Waals surface area (Å²) < 4.78 is 14.6. The average Bonchev–Trinajstić information content (AvgIpc) is 3.21. The van der Waals surface area contributed by atoms with Gasteiger partial charge < -0.3 is 4.90 Å². The summed E-state index contributed by atoms with van der Waals surface area (Å²) in [4.78, 5) is 19.0. The van der Waals surface area contributed by atoms with Crippen molar-refractivity contribution in [1.82, 2.24) is 30.3 Å². The summed E-state index contributed by atoms with van der Waals surface area (Å²) in [5, 5.41) is 2.98. The molecule has 3 aromatic rings. The number of rotatable bonds is 5. The minimum Gasteiger partial charge on any atom is -0.300 e. The van der Waals surface area contributed by atoms with E-state index in [4.69, 9.17) is 0 Å². The third kappa shape index (κ3) is 3.78. The Labute approximate surface area is 156 Å². The summed E-state index contributed by atoms with van der Waals surface area (Å²) in [5.74, 6) is 0.0888. The molecule has 1 aromatic carbocycles. The summed E-state index contributed by atoms with van der Waals surface area (Å²) >= 11 is 0. The van der Waals surface area contributed by atoms with Gasteiger partial charge in [-0.25, -0.2) is 19.3 Å². The van der Waals surface area contributed by atoms with Crippen molar-refractivity contribution in [3.05, 3.63) is 69.5 Å². The fourth-order valence-corrected chi connectivity index (χ4v) is 3.71. The highest BCUT2D eigenvalue weighted by Gasteiger charge is 2.29. The number of fused-ring (bicyclic) bond motifs is 1. The molecule has 2 unspecified atom stereocenters. The van der Waals surface area contributed by atoms with Crippen LogP contribution in [0.15, 0.2) is 41.2 Å². The van der Waals surface area contributed by atoms with Gasteiger partial charge in [0.1, 0.15) is 5.82 Å². The van der Waals surface area contributed by atoms with Gasteiger partial charge in [-0.15, -0.1) is 0 Å². The lowest BCUT2D eigenvalue weighted by Crippen LogP contribution is -2.31. The molecule has 2 aromatic heterocycles. The van der Waals surface area contributed by atoms with Gasteiger partial charge in [0.2, 0.25) is 0 Å². The molecule has 7 nitrogen and oxygen atoms in total. The van der Waals surface area contributed by atoms with Crippen LogP contribution in [0.1, 0.15) is 23.0 Å². The minimum absolute atomic E-state index is 0.107. The number of H-pyrrole nitrogens is 1. The van der Waals surface area contributed by atoms with Gasteiger partial charge in [0, 0.05) is 43.4 Å². The molecule has 0 spiro atoms. The van der Waals surface area contributed by atoms with Crippen molar-refractivity contribution in [3.8, 4) is 0 Å². The molecule has 1 fully saturated rings. The first-order valence-electron chi connectivity index (χ1n) is 9.00. The number of aromatic nitrogens is 3. The maximum absolute atomic E-state index is 13.2. The van der Waals surface area contributed by atoms with E-state index in [9.17, 15) is 9.18 Å². The lowest BCUT2D eigenvalue weighted by molar-refractivity contribution is 0.260. The predicted molar refractivity (Wildman–Crippen MR) is 101 cm³/mol. The van der Waals surface area contributed by atoms with Crippen LogP contribution in [0.5, 0.6) is 0 Å². The second-order valence-corrected chi connectivity index (χ2v) is 7.23. The molecule has 1 aliphatic heterocycles. The summed E-state index contributed by atoms with van der Waals surface area (Å²) in [7, 11) is 2.02. The van der Waals surface area contributed by atoms with E-state index in [0.717, 1.165) is 30.0 Å². The summed E-state index contributed by atoms with van der Waals surface area (Å²) in [6.07, 6.45) is 0. The Morgan fingerprint density at radius 1 is 1.30 bits per heavy atom. The fourth-order valence-electron chi connectivity index (χ4n) is 3.71. The number of aromatic amines is 1. The molecule has 0 aliphatic carbocycles. The molecule has 4 rings (SSSR count). The van der Waals surface area contributed by atoms with Crippen LogP contribution in [0.4, 0.5) is 4.39 Å². The first kappa shape index (κ1) is 17.8. The van der Waals surface area contributed by atoms with Crippen LogP contribution in [0.3, 0.4) is 0 Å². The first-order valence-corrected chi connectivity index (χ1v) is 9.00. The summed E-state index contributed by atoms with van der Waals surface area (Å²) in [5.41, 5.74) is 9.71. The van der Waals surface area contributed by atoms with Crippen LogP contribution in [0.25, 0.3) is 5.65 Å². The Morgan fingerprint density at radius 2 is 2.07 bits per heavy atom. The van der Waals surface area contributed by atoms with Crippen LogP contribution in [-0.2, 0) is 6.54 Å². The topological polar surface area (TPSA) is 77.5 Å². The van der Waals surface area contributed by atoms with Crippen LogP contribution in [0, 0.1) is 18.7 Å². The fraction of sp³-hybridized carbons (Fsp3) is 0.368. The highest BCUT2D eigenvalue weighted by molar-refractivity contribution is 5.39. The Bertz CT molecular complexity index is 996. The molecule has 0 bridgehead atoms. The molecular formula is C19H23FN6O. The van der Waals surface area contributed by atoms with Gasteiger partial charge in [-0.3, -0.25) is 15.3 Å². The van der Waals surface area contributed by atoms with Crippen LogP contribution < -0.4 is 16.4 Å². The zero-order chi connectivity index (χ0) is 19.0. The Balaban J connectivity index is 1.46. The first-order chi connectivity index (χ1) is 13.0. The number of nitrogens with zero attached hydrogens (tertiary/aromatic N) is 3. The Morgan fingerprint density at radius 3 is 2.85 bits per heavy atom. The van der Waals surface area contributed by atoms with Crippen molar-refractivity contribution < 1.29 is 4.39 Å². The third-order valence-electron chi connectivity index (χ3n) is 4.93. The molecule has 1 saturated heterocycles. The highest BCUT2D eigenvalue weighted by Crippen LogP contribution is 2.25. The van der Waals surface area contributed by atoms with Crippen molar-refractivity contribution >= 4 is 5.65 Å². The second-order valence-electron chi connectivity index (χ2n) is 7.23. The van der Waals surface area contributed by atoms with Crippen molar-refractivity contribution in [2.45, 2.75) is 19.5 Å². The number of halogens is 1. The minimum atomic E-state index is -0.230. The van der Waals surface area contributed by atoms with Crippen molar-refractivity contribution in [1.29, 1.82) is 0 Å². The van der Waals surface area contributed by atoms with Crippen molar-refractivity contribution in [2.24, 2.45) is 5.92 Å². The third-order valence-corrected chi connectivity index (χ3v) is 4.93. The molecule has 0 amide bonds. The number of hydrogen-bond donors (Lipinski definition) is 3. The van der Waals surface area contributed by atoms with Gasteiger partial charge in [-0.2, -0.15) is 0 Å². The zero-order valence-electron chi connectivity index (χ0n) is 15.4. The van der Waals surface area contributed by atoms with E-state index < -0.39 is 0 Å². The van der Waals surface area contributed by atoms with E-state index >= 15 is 0 Å². The number of aryl methyl sites for hydroxylation is 1. The van der Waals surface area contributed by atoms with Gasteiger partial charge >= 0.3 is 0 Å². The van der Waals surface area contributed by atoms with Crippen molar-refractivity contribution in [2.75, 3.05) is 20.1 Å². The molecule has 1 aliphatic rings. The van der Waals surface area contributed by atoms with E-state index in [2.05, 4.69) is 25.8 Å². The average molecular weight is 370 g/mol. The number of hydrazine groups is 1. The van der Waals surface area contributed by atoms with Gasteiger partial charge in [0.05, 0.1) is 11.7 Å². The summed E-state index contributed by atoms with van der Waals surface area (Å²) in [6, 6.07) is 10.2. The molecular weight excluding hydrogens is 347 g/mol. The van der Waals surface area contributed by atoms with E-state index in [1.165, 1.54) is 16.6 Å². The SMILES string of the molecule is Cc1cc2nc(CN(C)CC3CNNC3c3ccc(F)cc3)cc(=O)n2[nH]1. The lowest BCUT2D eigenvalue weighted by atomic mass is 9.94. The predicted octanol–water partition coefficient (Wildman–Crippen LogP) is 1.37. The molecule has 0 saturated carbocycles. The maximum atomic E-state index is 13.2. The van der Waals surface area contributed by atoms with E-state index in [-0.39, 0.29) is 17.4 Å². The summed E-state index contributed by atoms with van der Waals surface area (Å²) in [6.45, 7) is 4.12. The Kier molecular flexibility index (Phi) is 4.77. The Hall–Kier alpha value is -2.55. The van der Waals surface area contributed by atoms with Crippen LogP contribution in [-0.4, -0.2) is 39.6 Å². The van der Waals surface area contributed by atoms with E-state index in [1.54, 1.807) is 6.07 Å². The maximum Gasteiger partial charge on any atom is 0.272 e. The smallest absolute Gasteiger partial charge is 0.272 e. The number of hydrogen-bond acceptors (Lipinski definition) is 5. The van der Waals surface area contributed by atoms with E-state index in [1.807, 2.05) is 32.2 Å². The second kappa shape index (κ2) is 7.22. The lowest BCUT2D eigenvalue weighted by Gasteiger charge is -2.24. The molecule has 3 heterocycles. The van der Waals surface area contributed by atoms with Gasteiger partial charge in [0.15, 0.2) is 5.65 Å². The zero-order valence-corrected chi connectivity index (χ0v) is 15.4. The van der Waals surface area contributed by atoms with Gasteiger partial charge in [0.25, 0.3) is 5.56 Å². The molecule has 3 N–H and O–H groups in total. The van der Waals surface area contributed by atoms with Crippen LogP contribution >= 0.6 is 0 Å². The molecule has 142 valence electrons. The molecule has 0 radical (unpaired) electrons. The van der Waals surface area contributed by atoms with Gasteiger partial charge in [-0.1, -0.05) is 12.1 Å². The monoisotopic (exact) mass is 370 g/mol. The van der Waals surface area contributed by atoms with Crippen molar-refractivity contribution in [3.63, 3.8) is 0 Å².